The summed E-state index contributed by atoms with van der Waals surface area (Å²) in [6.45, 7) is 3.78. The lowest BCUT2D eigenvalue weighted by molar-refractivity contribution is -0.137. The fourth-order valence-corrected chi connectivity index (χ4v) is 1.95. The van der Waals surface area contributed by atoms with Gasteiger partial charge in [-0.25, -0.2) is 0 Å². The van der Waals surface area contributed by atoms with Crippen LogP contribution in [0.3, 0.4) is 0 Å². The van der Waals surface area contributed by atoms with E-state index in [9.17, 15) is 18.4 Å². The fraction of sp³-hybridized carbons (Fsp3) is 0.500. The molecule has 0 saturated heterocycles. The molecule has 0 aliphatic carbocycles. The van der Waals surface area contributed by atoms with E-state index in [1.807, 2.05) is 13.8 Å². The van der Waals surface area contributed by atoms with E-state index < -0.39 is 17.2 Å². The monoisotopic (exact) mass is 255 g/mol. The number of halogens is 3. The summed E-state index contributed by atoms with van der Waals surface area (Å²) in [5.74, 6) is 0. The van der Waals surface area contributed by atoms with Gasteiger partial charge in [0, 0.05) is 0 Å². The molecule has 0 aromatic heterocycles. The van der Waals surface area contributed by atoms with Crippen LogP contribution in [0.5, 0.6) is 0 Å². The van der Waals surface area contributed by atoms with Gasteiger partial charge in [-0.1, -0.05) is 32.0 Å². The molecule has 0 amide bonds. The molecule has 1 rings (SSSR count). The van der Waals surface area contributed by atoms with Gasteiger partial charge in [0.2, 0.25) is 0 Å². The van der Waals surface area contributed by atoms with Crippen molar-refractivity contribution in [1.29, 1.82) is 5.26 Å². The molecular weight excluding hydrogens is 239 g/mol. The second-order valence-electron chi connectivity index (χ2n) is 4.47. The molecule has 0 N–H and O–H groups in total. The zero-order valence-electron chi connectivity index (χ0n) is 10.5. The maximum Gasteiger partial charge on any atom is 0.416 e. The molecule has 18 heavy (non-hydrogen) atoms. The van der Waals surface area contributed by atoms with Crippen LogP contribution in [0.4, 0.5) is 13.2 Å². The third-order valence-electron chi connectivity index (χ3n) is 3.39. The number of hydrogen-bond donors (Lipinski definition) is 0. The number of hydrogen-bond acceptors (Lipinski definition) is 1. The largest absolute Gasteiger partial charge is 0.416 e. The van der Waals surface area contributed by atoms with Crippen LogP contribution in [0.15, 0.2) is 24.3 Å². The summed E-state index contributed by atoms with van der Waals surface area (Å²) in [5.41, 5.74) is -0.654. The highest BCUT2D eigenvalue weighted by Gasteiger charge is 2.31. The van der Waals surface area contributed by atoms with Crippen LogP contribution in [0.2, 0.25) is 0 Å². The molecule has 0 atom stereocenters. The number of rotatable bonds is 4. The molecular formula is C14H16F3N. The zero-order chi connectivity index (χ0) is 13.8. The average Bonchev–Trinajstić information content (AvgIpc) is 2.35. The number of alkyl halides is 3. The van der Waals surface area contributed by atoms with Gasteiger partial charge in [0.05, 0.1) is 17.0 Å². The molecule has 0 unspecified atom stereocenters. The summed E-state index contributed by atoms with van der Waals surface area (Å²) >= 11 is 0. The van der Waals surface area contributed by atoms with Crippen molar-refractivity contribution in [3.63, 3.8) is 0 Å². The normalized spacial score (nSPS) is 12.2. The van der Waals surface area contributed by atoms with E-state index in [2.05, 4.69) is 6.07 Å². The van der Waals surface area contributed by atoms with Crippen LogP contribution in [-0.4, -0.2) is 0 Å². The molecule has 0 bridgehead atoms. The molecule has 0 aliphatic heterocycles. The summed E-state index contributed by atoms with van der Waals surface area (Å²) in [6, 6.07) is 7.47. The van der Waals surface area contributed by atoms with Crippen molar-refractivity contribution in [1.82, 2.24) is 0 Å². The highest BCUT2D eigenvalue weighted by Crippen LogP contribution is 2.33. The Hall–Kier alpha value is -1.50. The van der Waals surface area contributed by atoms with Gasteiger partial charge >= 0.3 is 6.18 Å². The van der Waals surface area contributed by atoms with Crippen LogP contribution in [0.1, 0.15) is 37.8 Å². The molecule has 0 spiro atoms. The standard InChI is InChI=1S/C14H16F3N/c1-3-13(4-2,10-18)9-11-6-5-7-12(8-11)14(15,16)17/h5-8H,3-4,9H2,1-2H3. The molecule has 0 saturated carbocycles. The van der Waals surface area contributed by atoms with Crippen molar-refractivity contribution in [2.24, 2.45) is 5.41 Å². The van der Waals surface area contributed by atoms with E-state index in [0.717, 1.165) is 12.1 Å². The van der Waals surface area contributed by atoms with Crippen molar-refractivity contribution in [2.45, 2.75) is 39.3 Å². The Balaban J connectivity index is 3.02. The molecule has 0 fully saturated rings. The van der Waals surface area contributed by atoms with Gasteiger partial charge in [-0.2, -0.15) is 18.4 Å². The first-order valence-corrected chi connectivity index (χ1v) is 5.94. The minimum Gasteiger partial charge on any atom is -0.198 e. The molecule has 4 heteroatoms. The third-order valence-corrected chi connectivity index (χ3v) is 3.39. The van der Waals surface area contributed by atoms with E-state index in [-0.39, 0.29) is 0 Å². The van der Waals surface area contributed by atoms with E-state index >= 15 is 0 Å². The minimum absolute atomic E-state index is 0.362. The van der Waals surface area contributed by atoms with Crippen molar-refractivity contribution < 1.29 is 13.2 Å². The second kappa shape index (κ2) is 5.43. The first-order chi connectivity index (χ1) is 8.37. The maximum absolute atomic E-state index is 12.6. The van der Waals surface area contributed by atoms with E-state index in [1.54, 1.807) is 6.07 Å². The Kier molecular flexibility index (Phi) is 4.39. The summed E-state index contributed by atoms with van der Waals surface area (Å²) < 4.78 is 37.7. The SMILES string of the molecule is CCC(C#N)(CC)Cc1cccc(C(F)(F)F)c1. The quantitative estimate of drug-likeness (QED) is 0.772. The van der Waals surface area contributed by atoms with Gasteiger partial charge < -0.3 is 0 Å². The maximum atomic E-state index is 12.6. The molecule has 0 radical (unpaired) electrons. The van der Waals surface area contributed by atoms with Gasteiger partial charge in [0.15, 0.2) is 0 Å². The first-order valence-electron chi connectivity index (χ1n) is 5.94. The van der Waals surface area contributed by atoms with Gasteiger partial charge in [-0.15, -0.1) is 0 Å². The van der Waals surface area contributed by atoms with E-state index in [4.69, 9.17) is 0 Å². The highest BCUT2D eigenvalue weighted by atomic mass is 19.4. The van der Waals surface area contributed by atoms with Gasteiger partial charge in [-0.3, -0.25) is 0 Å². The third kappa shape index (κ3) is 3.25. The van der Waals surface area contributed by atoms with Gasteiger partial charge in [0.25, 0.3) is 0 Å². The van der Waals surface area contributed by atoms with Crippen LogP contribution in [0, 0.1) is 16.7 Å². The van der Waals surface area contributed by atoms with Crippen LogP contribution in [-0.2, 0) is 12.6 Å². The molecule has 0 aliphatic rings. The summed E-state index contributed by atoms with van der Waals surface area (Å²) in [6.07, 6.45) is -2.70. The van der Waals surface area contributed by atoms with Gasteiger partial charge in [-0.05, 0) is 30.9 Å². The van der Waals surface area contributed by atoms with Crippen LogP contribution in [0.25, 0.3) is 0 Å². The van der Waals surface area contributed by atoms with Crippen LogP contribution < -0.4 is 0 Å². The summed E-state index contributed by atoms with van der Waals surface area (Å²) in [4.78, 5) is 0. The van der Waals surface area contributed by atoms with Gasteiger partial charge in [0.1, 0.15) is 0 Å². The highest BCUT2D eigenvalue weighted by molar-refractivity contribution is 5.27. The Morgan fingerprint density at radius 2 is 1.78 bits per heavy atom. The van der Waals surface area contributed by atoms with Crippen LogP contribution >= 0.6 is 0 Å². The number of nitrogens with zero attached hydrogens (tertiary/aromatic N) is 1. The first kappa shape index (κ1) is 14.6. The van der Waals surface area contributed by atoms with Crippen molar-refractivity contribution in [2.75, 3.05) is 0 Å². The summed E-state index contributed by atoms with van der Waals surface area (Å²) in [7, 11) is 0. The topological polar surface area (TPSA) is 23.8 Å². The summed E-state index contributed by atoms with van der Waals surface area (Å²) in [5, 5.41) is 9.19. The number of benzene rings is 1. The smallest absolute Gasteiger partial charge is 0.198 e. The zero-order valence-corrected chi connectivity index (χ0v) is 10.5. The van der Waals surface area contributed by atoms with E-state index in [1.165, 1.54) is 6.07 Å². The fourth-order valence-electron chi connectivity index (χ4n) is 1.95. The lowest BCUT2D eigenvalue weighted by atomic mass is 9.78. The van der Waals surface area contributed by atoms with Crippen molar-refractivity contribution in [3.8, 4) is 6.07 Å². The van der Waals surface area contributed by atoms with Crippen molar-refractivity contribution in [3.05, 3.63) is 35.4 Å². The Morgan fingerprint density at radius 3 is 2.22 bits per heavy atom. The predicted octanol–water partition coefficient (Wildman–Crippen LogP) is 4.58. The second-order valence-corrected chi connectivity index (χ2v) is 4.47. The van der Waals surface area contributed by atoms with Crippen molar-refractivity contribution >= 4 is 0 Å². The average molecular weight is 255 g/mol. The molecule has 1 nitrogen and oxygen atoms in total. The molecule has 0 heterocycles. The predicted molar refractivity (Wildman–Crippen MR) is 63.8 cm³/mol. The number of nitriles is 1. The molecule has 1 aromatic carbocycles. The van der Waals surface area contributed by atoms with E-state index in [0.29, 0.717) is 24.8 Å². The minimum atomic E-state index is -4.33. The Morgan fingerprint density at radius 1 is 1.17 bits per heavy atom. The lowest BCUT2D eigenvalue weighted by Crippen LogP contribution is -2.20. The lowest BCUT2D eigenvalue weighted by Gasteiger charge is -2.23. The molecule has 1 aromatic rings. The molecule has 98 valence electrons. The Bertz CT molecular complexity index is 439. The Labute approximate surface area is 105 Å².